The fraction of sp³-hybridized carbons (Fsp3) is 0.167. The molecule has 1 aliphatic rings. The summed E-state index contributed by atoms with van der Waals surface area (Å²) in [7, 11) is 0. The van der Waals surface area contributed by atoms with Crippen LogP contribution >= 0.6 is 22.7 Å². The van der Waals surface area contributed by atoms with Crippen LogP contribution in [-0.4, -0.2) is 36.6 Å². The molecule has 1 aromatic carbocycles. The SMILES string of the molecule is O=C(COC(=O)c1csc(-c2ccsc2)n1)c1ccc2c(c1)OCCO2. The third-order valence-corrected chi connectivity index (χ3v) is 5.25. The lowest BCUT2D eigenvalue weighted by atomic mass is 10.1. The standard InChI is InChI=1S/C18H13NO5S2/c20-14(11-1-2-15-16(7-11)23-5-4-22-15)8-24-18(21)13-10-26-17(19-13)12-3-6-25-9-12/h1-3,6-7,9-10H,4-5,8H2. The Morgan fingerprint density at radius 3 is 2.77 bits per heavy atom. The first-order valence-electron chi connectivity index (χ1n) is 7.79. The molecule has 0 bridgehead atoms. The number of carbonyl (C=O) groups is 2. The predicted octanol–water partition coefficient (Wildman–Crippen LogP) is 3.68. The van der Waals surface area contributed by atoms with Crippen LogP contribution in [0.3, 0.4) is 0 Å². The van der Waals surface area contributed by atoms with Crippen molar-refractivity contribution in [2.75, 3.05) is 19.8 Å². The minimum Gasteiger partial charge on any atom is -0.486 e. The van der Waals surface area contributed by atoms with Gasteiger partial charge in [0.25, 0.3) is 0 Å². The number of thiazole rings is 1. The minimum atomic E-state index is -0.617. The Kier molecular flexibility index (Phi) is 4.68. The molecule has 6 nitrogen and oxygen atoms in total. The first-order chi connectivity index (χ1) is 12.7. The highest BCUT2D eigenvalue weighted by Crippen LogP contribution is 2.31. The molecule has 1 aliphatic heterocycles. The van der Waals surface area contributed by atoms with E-state index in [1.54, 1.807) is 34.9 Å². The van der Waals surface area contributed by atoms with Gasteiger partial charge in [0, 0.05) is 21.9 Å². The number of hydrogen-bond donors (Lipinski definition) is 0. The molecule has 0 fully saturated rings. The number of carbonyl (C=O) groups excluding carboxylic acids is 2. The molecule has 0 spiro atoms. The number of nitrogens with zero attached hydrogens (tertiary/aromatic N) is 1. The van der Waals surface area contributed by atoms with Crippen molar-refractivity contribution in [3.8, 4) is 22.1 Å². The maximum absolute atomic E-state index is 12.3. The first-order valence-corrected chi connectivity index (χ1v) is 9.61. The maximum Gasteiger partial charge on any atom is 0.358 e. The molecular formula is C18H13NO5S2. The summed E-state index contributed by atoms with van der Waals surface area (Å²) in [5, 5.41) is 6.28. The molecule has 0 amide bonds. The number of thiophene rings is 1. The number of rotatable bonds is 5. The number of esters is 1. The van der Waals surface area contributed by atoms with Gasteiger partial charge in [0.2, 0.25) is 0 Å². The Morgan fingerprint density at radius 1 is 1.12 bits per heavy atom. The van der Waals surface area contributed by atoms with E-state index in [0.717, 1.165) is 10.6 Å². The Balaban J connectivity index is 1.39. The molecule has 0 aliphatic carbocycles. The second-order valence-electron chi connectivity index (χ2n) is 5.41. The van der Waals surface area contributed by atoms with Gasteiger partial charge < -0.3 is 14.2 Å². The summed E-state index contributed by atoms with van der Waals surface area (Å²) in [4.78, 5) is 28.7. The van der Waals surface area contributed by atoms with Crippen LogP contribution < -0.4 is 9.47 Å². The molecule has 0 atom stereocenters. The van der Waals surface area contributed by atoms with Crippen LogP contribution in [0.25, 0.3) is 10.6 Å². The van der Waals surface area contributed by atoms with Gasteiger partial charge in [0.05, 0.1) is 0 Å². The fourth-order valence-electron chi connectivity index (χ4n) is 2.39. The maximum atomic E-state index is 12.3. The number of hydrogen-bond acceptors (Lipinski definition) is 8. The molecule has 0 saturated carbocycles. The quantitative estimate of drug-likeness (QED) is 0.491. The van der Waals surface area contributed by atoms with Crippen molar-refractivity contribution in [2.24, 2.45) is 0 Å². The van der Waals surface area contributed by atoms with Gasteiger partial charge in [-0.1, -0.05) is 0 Å². The van der Waals surface area contributed by atoms with Crippen molar-refractivity contribution in [2.45, 2.75) is 0 Å². The van der Waals surface area contributed by atoms with Crippen LogP contribution in [0, 0.1) is 0 Å². The van der Waals surface area contributed by atoms with Crippen molar-refractivity contribution >= 4 is 34.4 Å². The third kappa shape index (κ3) is 3.47. The van der Waals surface area contributed by atoms with Crippen molar-refractivity contribution in [1.82, 2.24) is 4.98 Å². The third-order valence-electron chi connectivity index (χ3n) is 3.68. The van der Waals surface area contributed by atoms with Crippen molar-refractivity contribution in [3.05, 3.63) is 51.7 Å². The summed E-state index contributed by atoms with van der Waals surface area (Å²) in [6.45, 7) is 0.568. The summed E-state index contributed by atoms with van der Waals surface area (Å²) in [6.07, 6.45) is 0. The molecule has 132 valence electrons. The summed E-state index contributed by atoms with van der Waals surface area (Å²) < 4.78 is 16.0. The highest BCUT2D eigenvalue weighted by atomic mass is 32.1. The first kappa shape index (κ1) is 16.7. The van der Waals surface area contributed by atoms with Gasteiger partial charge in [-0.15, -0.1) is 11.3 Å². The van der Waals surface area contributed by atoms with Crippen molar-refractivity contribution < 1.29 is 23.8 Å². The lowest BCUT2D eigenvalue weighted by molar-refractivity contribution is 0.0469. The van der Waals surface area contributed by atoms with Gasteiger partial charge in [0.15, 0.2) is 29.6 Å². The van der Waals surface area contributed by atoms with E-state index in [1.165, 1.54) is 11.3 Å². The Morgan fingerprint density at radius 2 is 1.96 bits per heavy atom. The van der Waals surface area contributed by atoms with Crippen LogP contribution in [-0.2, 0) is 4.74 Å². The van der Waals surface area contributed by atoms with Crippen LogP contribution in [0.1, 0.15) is 20.8 Å². The molecule has 0 unspecified atom stereocenters. The Labute approximate surface area is 157 Å². The Hall–Kier alpha value is -2.71. The van der Waals surface area contributed by atoms with E-state index in [0.29, 0.717) is 30.3 Å². The molecule has 2 aromatic heterocycles. The van der Waals surface area contributed by atoms with Gasteiger partial charge in [-0.05, 0) is 29.6 Å². The molecule has 0 N–H and O–H groups in total. The van der Waals surface area contributed by atoms with Crippen LogP contribution in [0.2, 0.25) is 0 Å². The van der Waals surface area contributed by atoms with Gasteiger partial charge in [0.1, 0.15) is 18.2 Å². The van der Waals surface area contributed by atoms with E-state index in [1.807, 2.05) is 16.8 Å². The van der Waals surface area contributed by atoms with Crippen LogP contribution in [0.4, 0.5) is 0 Å². The highest BCUT2D eigenvalue weighted by Gasteiger charge is 2.18. The zero-order chi connectivity index (χ0) is 17.9. The number of ketones is 1. The molecule has 0 saturated heterocycles. The number of ether oxygens (including phenoxy) is 3. The summed E-state index contributed by atoms with van der Waals surface area (Å²) in [5.74, 6) is 0.193. The molecular weight excluding hydrogens is 374 g/mol. The highest BCUT2D eigenvalue weighted by molar-refractivity contribution is 7.14. The topological polar surface area (TPSA) is 74.7 Å². The van der Waals surface area contributed by atoms with E-state index in [2.05, 4.69) is 4.98 Å². The summed E-state index contributed by atoms with van der Waals surface area (Å²) in [5.41, 5.74) is 1.57. The summed E-state index contributed by atoms with van der Waals surface area (Å²) >= 11 is 2.92. The average Bonchev–Trinajstić information content (AvgIpc) is 3.36. The van der Waals surface area contributed by atoms with Gasteiger partial charge >= 0.3 is 5.97 Å². The van der Waals surface area contributed by atoms with Gasteiger partial charge in [-0.3, -0.25) is 4.79 Å². The van der Waals surface area contributed by atoms with E-state index >= 15 is 0 Å². The number of aromatic nitrogens is 1. The lowest BCUT2D eigenvalue weighted by Crippen LogP contribution is -2.17. The molecule has 26 heavy (non-hydrogen) atoms. The number of benzene rings is 1. The predicted molar refractivity (Wildman–Crippen MR) is 97.5 cm³/mol. The van der Waals surface area contributed by atoms with E-state index in [-0.39, 0.29) is 18.1 Å². The zero-order valence-electron chi connectivity index (χ0n) is 13.5. The molecule has 4 rings (SSSR count). The van der Waals surface area contributed by atoms with Crippen molar-refractivity contribution in [1.29, 1.82) is 0 Å². The number of fused-ring (bicyclic) bond motifs is 1. The summed E-state index contributed by atoms with van der Waals surface area (Å²) in [6, 6.07) is 6.84. The monoisotopic (exact) mass is 387 g/mol. The van der Waals surface area contributed by atoms with E-state index < -0.39 is 5.97 Å². The molecule has 0 radical (unpaired) electrons. The van der Waals surface area contributed by atoms with E-state index in [9.17, 15) is 9.59 Å². The van der Waals surface area contributed by atoms with Gasteiger partial charge in [-0.25, -0.2) is 9.78 Å². The van der Waals surface area contributed by atoms with E-state index in [4.69, 9.17) is 14.2 Å². The largest absolute Gasteiger partial charge is 0.486 e. The van der Waals surface area contributed by atoms with Crippen LogP contribution in [0.15, 0.2) is 40.4 Å². The fourth-order valence-corrected chi connectivity index (χ4v) is 3.89. The van der Waals surface area contributed by atoms with Crippen molar-refractivity contribution in [3.63, 3.8) is 0 Å². The normalized spacial score (nSPS) is 12.6. The molecule has 3 aromatic rings. The van der Waals surface area contributed by atoms with Gasteiger partial charge in [-0.2, -0.15) is 11.3 Å². The van der Waals surface area contributed by atoms with Crippen LogP contribution in [0.5, 0.6) is 11.5 Å². The molecule has 3 heterocycles. The smallest absolute Gasteiger partial charge is 0.358 e. The second-order valence-corrected chi connectivity index (χ2v) is 7.05. The Bertz CT molecular complexity index is 948. The average molecular weight is 387 g/mol. The molecule has 8 heteroatoms. The minimum absolute atomic E-state index is 0.200. The zero-order valence-corrected chi connectivity index (χ0v) is 15.1. The number of Topliss-reactive ketones (excluding diaryl/α,β-unsaturated/α-hetero) is 1. The lowest BCUT2D eigenvalue weighted by Gasteiger charge is -2.18. The second kappa shape index (κ2) is 7.27.